The number of nitrogens with zero attached hydrogens (tertiary/aromatic N) is 1. The maximum absolute atomic E-state index is 10.0. The predicted molar refractivity (Wildman–Crippen MR) is 51.2 cm³/mol. The lowest BCUT2D eigenvalue weighted by atomic mass is 10.5. The van der Waals surface area contributed by atoms with Crippen molar-refractivity contribution < 1.29 is 28.2 Å². The van der Waals surface area contributed by atoms with Gasteiger partial charge in [0.05, 0.1) is 0 Å². The van der Waals surface area contributed by atoms with Gasteiger partial charge in [-0.3, -0.25) is 0 Å². The monoisotopic (exact) mass is 240 g/mol. The van der Waals surface area contributed by atoms with Gasteiger partial charge >= 0.3 is 11.9 Å². The van der Waals surface area contributed by atoms with E-state index in [9.17, 15) is 18.0 Å². The largest absolute Gasteiger partial charge is 0.478 e. The fourth-order valence-corrected chi connectivity index (χ4v) is 0.143. The van der Waals surface area contributed by atoms with Crippen LogP contribution in [0, 0.1) is 0 Å². The second kappa shape index (κ2) is 6.92. The van der Waals surface area contributed by atoms with Crippen LogP contribution in [0.25, 0.3) is 0 Å². The Hall–Kier alpha value is -1.45. The number of rotatable bonds is 3. The predicted octanol–water partition coefficient (Wildman–Crippen LogP) is -1.54. The highest BCUT2D eigenvalue weighted by molar-refractivity contribution is 7.86. The molecule has 9 heteroatoms. The first-order valence-corrected chi connectivity index (χ1v) is 4.92. The van der Waals surface area contributed by atoms with Crippen molar-refractivity contribution in [2.45, 2.75) is 0 Å². The lowest BCUT2D eigenvalue weighted by Crippen LogP contribution is -2.29. The van der Waals surface area contributed by atoms with Gasteiger partial charge in [-0.25, -0.2) is 14.7 Å². The highest BCUT2D eigenvalue weighted by Crippen LogP contribution is 1.77. The van der Waals surface area contributed by atoms with Crippen LogP contribution in [0.3, 0.4) is 0 Å². The van der Waals surface area contributed by atoms with Gasteiger partial charge in [-0.1, -0.05) is 0 Å². The molecule has 0 aromatic heterocycles. The van der Waals surface area contributed by atoms with Crippen molar-refractivity contribution in [2.75, 3.05) is 14.1 Å². The van der Waals surface area contributed by atoms with Crippen molar-refractivity contribution >= 4 is 22.1 Å². The Labute approximate surface area is 86.8 Å². The third-order valence-corrected chi connectivity index (χ3v) is 1.90. The van der Waals surface area contributed by atoms with Gasteiger partial charge < -0.3 is 10.2 Å². The lowest BCUT2D eigenvalue weighted by molar-refractivity contribution is -0.134. The van der Waals surface area contributed by atoms with Crippen LogP contribution in [-0.4, -0.2) is 49.0 Å². The molecule has 0 aromatic carbocycles. The molecule has 0 saturated carbocycles. The fraction of sp³-hybridized carbons (Fsp3) is 0.333. The molecule has 88 valence electrons. The summed E-state index contributed by atoms with van der Waals surface area (Å²) in [6, 6.07) is 0. The van der Waals surface area contributed by atoms with Crippen molar-refractivity contribution in [3.8, 4) is 0 Å². The van der Waals surface area contributed by atoms with Crippen molar-refractivity contribution in [2.24, 2.45) is 5.14 Å². The summed E-state index contributed by atoms with van der Waals surface area (Å²) in [4.78, 5) is 19.1. The zero-order valence-corrected chi connectivity index (χ0v) is 8.93. The molecular formula is C6H12N2O6S. The molecule has 0 aliphatic rings. The van der Waals surface area contributed by atoms with Gasteiger partial charge in [0.25, 0.3) is 10.2 Å². The molecule has 0 unspecified atom stereocenters. The summed E-state index contributed by atoms with van der Waals surface area (Å²) < 4.78 is 21.0. The Morgan fingerprint density at radius 1 is 1.13 bits per heavy atom. The molecule has 0 saturated heterocycles. The van der Waals surface area contributed by atoms with Crippen LogP contribution < -0.4 is 5.14 Å². The van der Waals surface area contributed by atoms with Gasteiger partial charge in [-0.2, -0.15) is 12.7 Å². The summed E-state index contributed by atoms with van der Waals surface area (Å²) in [7, 11) is -0.667. The summed E-state index contributed by atoms with van der Waals surface area (Å²) in [6.45, 7) is 0. The van der Waals surface area contributed by atoms with E-state index in [2.05, 4.69) is 5.14 Å². The normalized spacial score (nSPS) is 10.9. The Morgan fingerprint density at radius 2 is 1.33 bits per heavy atom. The molecule has 4 N–H and O–H groups in total. The van der Waals surface area contributed by atoms with E-state index in [1.807, 2.05) is 0 Å². The number of nitrogens with two attached hydrogens (primary N) is 1. The van der Waals surface area contributed by atoms with Crippen molar-refractivity contribution in [1.82, 2.24) is 4.31 Å². The zero-order chi connectivity index (χ0) is 12.6. The average Bonchev–Trinajstić information content (AvgIpc) is 2.00. The standard InChI is InChI=1S/C4H4O4.C2H8N2O2S/c5-3(6)1-2-4(7)8;1-4(2)7(3,5)6/h1-2H,(H,5,6)(H,7,8);1-2H3,(H2,3,5,6)/b2-1+;. The lowest BCUT2D eigenvalue weighted by Gasteiger charge is -2.02. The Bertz CT molecular complexity index is 329. The quantitative estimate of drug-likeness (QED) is 0.511. The number of hydrogen-bond acceptors (Lipinski definition) is 4. The molecule has 0 rings (SSSR count). The van der Waals surface area contributed by atoms with E-state index in [1.165, 1.54) is 14.1 Å². The van der Waals surface area contributed by atoms with Crippen molar-refractivity contribution in [3.05, 3.63) is 12.2 Å². The number of carboxylic acids is 2. The van der Waals surface area contributed by atoms with E-state index in [-0.39, 0.29) is 0 Å². The van der Waals surface area contributed by atoms with Gasteiger partial charge in [0.15, 0.2) is 0 Å². The topological polar surface area (TPSA) is 138 Å². The molecule has 0 aliphatic carbocycles. The number of aliphatic carboxylic acids is 2. The molecule has 0 atom stereocenters. The van der Waals surface area contributed by atoms with Crippen LogP contribution in [0.15, 0.2) is 12.2 Å². The molecule has 0 aromatic rings. The first-order valence-electron chi connectivity index (χ1n) is 3.41. The fourth-order valence-electron chi connectivity index (χ4n) is 0.143. The summed E-state index contributed by atoms with van der Waals surface area (Å²) in [6.07, 6.45) is 1.12. The summed E-state index contributed by atoms with van der Waals surface area (Å²) in [5, 5.41) is 20.2. The first-order chi connectivity index (χ1) is 6.57. The first kappa shape index (κ1) is 16.0. The molecule has 0 fully saturated rings. The molecule has 0 heterocycles. The van der Waals surface area contributed by atoms with Crippen LogP contribution in [0.5, 0.6) is 0 Å². The van der Waals surface area contributed by atoms with Gasteiger partial charge in [-0.15, -0.1) is 0 Å². The summed E-state index contributed by atoms with van der Waals surface area (Å²) in [5.41, 5.74) is 0. The zero-order valence-electron chi connectivity index (χ0n) is 8.11. The van der Waals surface area contributed by atoms with Crippen LogP contribution in [-0.2, 0) is 19.8 Å². The summed E-state index contributed by atoms with van der Waals surface area (Å²) in [5.74, 6) is -2.51. The number of carboxylic acid groups (broad SMARTS) is 2. The smallest absolute Gasteiger partial charge is 0.328 e. The molecular weight excluding hydrogens is 228 g/mol. The Kier molecular flexibility index (Phi) is 7.38. The maximum Gasteiger partial charge on any atom is 0.328 e. The summed E-state index contributed by atoms with van der Waals surface area (Å²) >= 11 is 0. The van der Waals surface area contributed by atoms with E-state index in [0.717, 1.165) is 4.31 Å². The minimum Gasteiger partial charge on any atom is -0.478 e. The van der Waals surface area contributed by atoms with Gasteiger partial charge in [0, 0.05) is 26.2 Å². The maximum atomic E-state index is 10.0. The number of hydrogen-bond donors (Lipinski definition) is 3. The highest BCUT2D eigenvalue weighted by Gasteiger charge is 2.01. The molecule has 0 amide bonds. The van der Waals surface area contributed by atoms with E-state index in [4.69, 9.17) is 10.2 Å². The van der Waals surface area contributed by atoms with E-state index in [1.54, 1.807) is 0 Å². The number of carbonyl (C=O) groups is 2. The van der Waals surface area contributed by atoms with E-state index >= 15 is 0 Å². The Balaban J connectivity index is 0. The van der Waals surface area contributed by atoms with Gasteiger partial charge in [0.1, 0.15) is 0 Å². The van der Waals surface area contributed by atoms with Crippen LogP contribution >= 0.6 is 0 Å². The minimum atomic E-state index is -3.41. The molecule has 0 radical (unpaired) electrons. The second-order valence-corrected chi connectivity index (χ2v) is 4.10. The third-order valence-electron chi connectivity index (χ3n) is 0.877. The van der Waals surface area contributed by atoms with Crippen molar-refractivity contribution in [1.29, 1.82) is 0 Å². The second-order valence-electron chi connectivity index (χ2n) is 2.34. The van der Waals surface area contributed by atoms with E-state index in [0.29, 0.717) is 12.2 Å². The molecule has 0 aliphatic heterocycles. The highest BCUT2D eigenvalue weighted by atomic mass is 32.2. The van der Waals surface area contributed by atoms with Crippen LogP contribution in [0.2, 0.25) is 0 Å². The molecule has 0 bridgehead atoms. The Morgan fingerprint density at radius 3 is 1.40 bits per heavy atom. The van der Waals surface area contributed by atoms with Crippen molar-refractivity contribution in [3.63, 3.8) is 0 Å². The van der Waals surface area contributed by atoms with Gasteiger partial charge in [-0.05, 0) is 0 Å². The van der Waals surface area contributed by atoms with Gasteiger partial charge in [0.2, 0.25) is 0 Å². The third kappa shape index (κ3) is 15.3. The van der Waals surface area contributed by atoms with Crippen LogP contribution in [0.1, 0.15) is 0 Å². The van der Waals surface area contributed by atoms with E-state index < -0.39 is 22.1 Å². The molecule has 0 spiro atoms. The molecule has 15 heavy (non-hydrogen) atoms. The SMILES string of the molecule is CN(C)S(N)(=O)=O.O=C(O)/C=C/C(=O)O. The minimum absolute atomic E-state index is 0.558. The van der Waals surface area contributed by atoms with Crippen LogP contribution in [0.4, 0.5) is 0 Å². The molecule has 8 nitrogen and oxygen atoms in total. The average molecular weight is 240 g/mol.